The summed E-state index contributed by atoms with van der Waals surface area (Å²) in [6.45, 7) is 9.18. The first-order valence-electron chi connectivity index (χ1n) is 11.1. The molecule has 1 N–H and O–H groups in total. The first-order chi connectivity index (χ1) is 16.1. The molecule has 0 saturated carbocycles. The van der Waals surface area contributed by atoms with E-state index >= 15 is 0 Å². The monoisotopic (exact) mass is 487 g/mol. The van der Waals surface area contributed by atoms with Crippen molar-refractivity contribution in [2.24, 2.45) is 0 Å². The van der Waals surface area contributed by atoms with Crippen molar-refractivity contribution < 1.29 is 19.1 Å². The summed E-state index contributed by atoms with van der Waals surface area (Å²) in [6, 6.07) is 7.00. The predicted octanol–water partition coefficient (Wildman–Crippen LogP) is 3.94. The van der Waals surface area contributed by atoms with Gasteiger partial charge in [-0.05, 0) is 39.8 Å². The van der Waals surface area contributed by atoms with Crippen molar-refractivity contribution in [2.45, 2.75) is 46.4 Å². The Morgan fingerprint density at radius 2 is 1.97 bits per heavy atom. The summed E-state index contributed by atoms with van der Waals surface area (Å²) >= 11 is 6.13. The van der Waals surface area contributed by atoms with Crippen molar-refractivity contribution in [3.8, 4) is 0 Å². The Bertz CT molecular complexity index is 1090. The fraction of sp³-hybridized carbons (Fsp3) is 0.417. The zero-order chi connectivity index (χ0) is 24.9. The normalized spacial score (nSPS) is 13.5. The summed E-state index contributed by atoms with van der Waals surface area (Å²) in [7, 11) is 0. The number of nitrogens with zero attached hydrogens (tertiary/aromatic N) is 4. The second-order valence-corrected chi connectivity index (χ2v) is 9.23. The van der Waals surface area contributed by atoms with Gasteiger partial charge in [0.1, 0.15) is 17.1 Å². The number of hydrogen-bond donors (Lipinski definition) is 1. The molecular formula is C24H30ClN5O4. The molecule has 3 amide bonds. The van der Waals surface area contributed by atoms with Crippen LogP contribution in [0.1, 0.15) is 44.0 Å². The third kappa shape index (κ3) is 6.38. The smallest absolute Gasteiger partial charge is 0.410 e. The molecule has 0 unspecified atom stereocenters. The Kier molecular flexibility index (Phi) is 7.98. The van der Waals surface area contributed by atoms with Crippen LogP contribution in [-0.2, 0) is 22.6 Å². The van der Waals surface area contributed by atoms with Crippen LogP contribution in [0.25, 0.3) is 0 Å². The summed E-state index contributed by atoms with van der Waals surface area (Å²) in [6.07, 6.45) is 4.19. The van der Waals surface area contributed by atoms with Gasteiger partial charge < -0.3 is 24.4 Å². The maximum absolute atomic E-state index is 12.7. The average molecular weight is 488 g/mol. The second kappa shape index (κ2) is 10.7. The Morgan fingerprint density at radius 3 is 2.65 bits per heavy atom. The van der Waals surface area contributed by atoms with E-state index in [0.29, 0.717) is 41.9 Å². The van der Waals surface area contributed by atoms with Crippen LogP contribution in [-0.4, -0.2) is 62.5 Å². The maximum Gasteiger partial charge on any atom is 0.410 e. The van der Waals surface area contributed by atoms with Crippen LogP contribution in [0.15, 0.2) is 42.6 Å². The first kappa shape index (κ1) is 25.3. The van der Waals surface area contributed by atoms with Crippen molar-refractivity contribution in [3.05, 3.63) is 59.2 Å². The van der Waals surface area contributed by atoms with Gasteiger partial charge in [-0.1, -0.05) is 29.8 Å². The molecule has 182 valence electrons. The number of halogens is 1. The molecule has 2 heterocycles. The number of fused-ring (bicyclic) bond motifs is 1. The quantitative estimate of drug-likeness (QED) is 0.622. The van der Waals surface area contributed by atoms with Gasteiger partial charge >= 0.3 is 6.09 Å². The van der Waals surface area contributed by atoms with Crippen LogP contribution < -0.4 is 5.32 Å². The number of hydrogen-bond acceptors (Lipinski definition) is 5. The van der Waals surface area contributed by atoms with Gasteiger partial charge in [0.05, 0.1) is 23.5 Å². The number of likely N-dealkylation sites (N-methyl/N-ethyl adjacent to an activating group) is 1. The summed E-state index contributed by atoms with van der Waals surface area (Å²) in [5.74, 6) is 0.131. The molecule has 9 nitrogen and oxygen atoms in total. The molecule has 1 aliphatic heterocycles. The summed E-state index contributed by atoms with van der Waals surface area (Å²) in [4.78, 5) is 45.1. The molecule has 10 heteroatoms. The number of rotatable bonds is 6. The van der Waals surface area contributed by atoms with E-state index in [1.54, 1.807) is 39.8 Å². The zero-order valence-corrected chi connectivity index (χ0v) is 20.6. The highest BCUT2D eigenvalue weighted by atomic mass is 35.5. The summed E-state index contributed by atoms with van der Waals surface area (Å²) in [5, 5.41) is 3.25. The summed E-state index contributed by atoms with van der Waals surface area (Å²) in [5.41, 5.74) is 0.353. The van der Waals surface area contributed by atoms with Crippen molar-refractivity contribution in [3.63, 3.8) is 0 Å². The van der Waals surface area contributed by atoms with Gasteiger partial charge in [0.15, 0.2) is 0 Å². The number of anilines is 1. The summed E-state index contributed by atoms with van der Waals surface area (Å²) < 4.78 is 7.18. The fourth-order valence-electron chi connectivity index (χ4n) is 3.42. The Balaban J connectivity index is 1.58. The SMILES string of the molecule is CCN(C/C=C/C(=O)N1CCn2c(C(=O)Nc3ccccc3Cl)cnc2C1)C(=O)OC(C)(C)C. The van der Waals surface area contributed by atoms with Crippen LogP contribution >= 0.6 is 11.6 Å². The molecule has 0 fully saturated rings. The molecule has 0 aliphatic carbocycles. The molecular weight excluding hydrogens is 458 g/mol. The van der Waals surface area contributed by atoms with E-state index < -0.39 is 11.7 Å². The molecule has 0 saturated heterocycles. The van der Waals surface area contributed by atoms with Gasteiger partial charge in [0.2, 0.25) is 5.91 Å². The van der Waals surface area contributed by atoms with E-state index in [2.05, 4.69) is 10.3 Å². The lowest BCUT2D eigenvalue weighted by Crippen LogP contribution is -2.39. The number of benzene rings is 1. The molecule has 1 aromatic carbocycles. The third-order valence-corrected chi connectivity index (χ3v) is 5.48. The minimum absolute atomic E-state index is 0.184. The van der Waals surface area contributed by atoms with E-state index in [-0.39, 0.29) is 24.9 Å². The molecule has 34 heavy (non-hydrogen) atoms. The van der Waals surface area contributed by atoms with E-state index in [0.717, 1.165) is 0 Å². The number of aromatic nitrogens is 2. The topological polar surface area (TPSA) is 96.8 Å². The van der Waals surface area contributed by atoms with Crippen LogP contribution in [0.3, 0.4) is 0 Å². The van der Waals surface area contributed by atoms with E-state index in [1.807, 2.05) is 27.7 Å². The number of ether oxygens (including phenoxy) is 1. The zero-order valence-electron chi connectivity index (χ0n) is 19.9. The van der Waals surface area contributed by atoms with Gasteiger partial charge in [-0.2, -0.15) is 0 Å². The highest BCUT2D eigenvalue weighted by Crippen LogP contribution is 2.22. The number of carbonyl (C=O) groups is 3. The van der Waals surface area contributed by atoms with Crippen LogP contribution in [0.5, 0.6) is 0 Å². The van der Waals surface area contributed by atoms with Crippen LogP contribution in [0.4, 0.5) is 10.5 Å². The lowest BCUT2D eigenvalue weighted by Gasteiger charge is -2.28. The van der Waals surface area contributed by atoms with Gasteiger partial charge in [-0.15, -0.1) is 0 Å². The highest BCUT2D eigenvalue weighted by Gasteiger charge is 2.25. The minimum Gasteiger partial charge on any atom is -0.444 e. The number of nitrogens with one attached hydrogen (secondary N) is 1. The van der Waals surface area contributed by atoms with Crippen molar-refractivity contribution in [1.82, 2.24) is 19.4 Å². The molecule has 0 radical (unpaired) electrons. The fourth-order valence-corrected chi connectivity index (χ4v) is 3.61. The number of para-hydroxylation sites is 1. The minimum atomic E-state index is -0.580. The molecule has 0 bridgehead atoms. The van der Waals surface area contributed by atoms with Gasteiger partial charge in [-0.25, -0.2) is 9.78 Å². The van der Waals surface area contributed by atoms with E-state index in [9.17, 15) is 14.4 Å². The maximum atomic E-state index is 12.7. The van der Waals surface area contributed by atoms with E-state index in [1.165, 1.54) is 17.2 Å². The second-order valence-electron chi connectivity index (χ2n) is 8.83. The number of imidazole rings is 1. The molecule has 2 aromatic rings. The van der Waals surface area contributed by atoms with Crippen LogP contribution in [0.2, 0.25) is 5.02 Å². The van der Waals surface area contributed by atoms with Gasteiger partial charge in [-0.3, -0.25) is 9.59 Å². The standard InChI is InChI=1S/C24H30ClN5O4/c1-5-28(23(33)34-24(2,3)4)12-8-11-21(31)29-13-14-30-19(15-26-20(30)16-29)22(32)27-18-10-7-6-9-17(18)25/h6-11,15H,5,12-14,16H2,1-4H3,(H,27,32)/b11-8+. The van der Waals surface area contributed by atoms with Crippen molar-refractivity contribution in [2.75, 3.05) is 25.0 Å². The third-order valence-electron chi connectivity index (χ3n) is 5.15. The largest absolute Gasteiger partial charge is 0.444 e. The molecule has 0 atom stereocenters. The molecule has 3 rings (SSSR count). The Labute approximate surface area is 204 Å². The number of amides is 3. The number of carbonyl (C=O) groups excluding carboxylic acids is 3. The molecule has 0 spiro atoms. The van der Waals surface area contributed by atoms with Crippen molar-refractivity contribution in [1.29, 1.82) is 0 Å². The first-order valence-corrected chi connectivity index (χ1v) is 11.5. The van der Waals surface area contributed by atoms with E-state index in [4.69, 9.17) is 16.3 Å². The van der Waals surface area contributed by atoms with Crippen molar-refractivity contribution >= 4 is 35.2 Å². The van der Waals surface area contributed by atoms with Gasteiger partial charge in [0.25, 0.3) is 5.91 Å². The lowest BCUT2D eigenvalue weighted by atomic mass is 10.2. The average Bonchev–Trinajstić information content (AvgIpc) is 3.20. The Hall–Kier alpha value is -3.33. The predicted molar refractivity (Wildman–Crippen MR) is 130 cm³/mol. The highest BCUT2D eigenvalue weighted by molar-refractivity contribution is 6.33. The molecule has 1 aromatic heterocycles. The Morgan fingerprint density at radius 1 is 1.24 bits per heavy atom. The van der Waals surface area contributed by atoms with Gasteiger partial charge in [0, 0.05) is 32.3 Å². The molecule has 1 aliphatic rings. The lowest BCUT2D eigenvalue weighted by molar-refractivity contribution is -0.127. The van der Waals surface area contributed by atoms with Crippen LogP contribution in [0, 0.1) is 0 Å².